The number of aliphatic hydroxyl groups is 1. The van der Waals surface area contributed by atoms with E-state index >= 15 is 0 Å². The zero-order valence-electron chi connectivity index (χ0n) is 11.9. The van der Waals surface area contributed by atoms with E-state index < -0.39 is 18.0 Å². The van der Waals surface area contributed by atoms with E-state index in [4.69, 9.17) is 5.11 Å². The zero-order chi connectivity index (χ0) is 15.5. The van der Waals surface area contributed by atoms with Crippen LogP contribution in [-0.2, 0) is 11.2 Å². The van der Waals surface area contributed by atoms with Crippen LogP contribution in [0.2, 0.25) is 0 Å². The Kier molecular flexibility index (Phi) is 7.89. The highest BCUT2D eigenvalue weighted by atomic mass is 16.4. The number of aliphatic hydroxyl groups excluding tert-OH is 1. The monoisotopic (exact) mass is 293 g/mol. The van der Waals surface area contributed by atoms with Crippen molar-refractivity contribution < 1.29 is 19.8 Å². The van der Waals surface area contributed by atoms with Gasteiger partial charge in [-0.1, -0.05) is 30.3 Å². The van der Waals surface area contributed by atoms with E-state index in [0.717, 1.165) is 18.4 Å². The molecule has 21 heavy (non-hydrogen) atoms. The maximum absolute atomic E-state index is 11.6. The van der Waals surface area contributed by atoms with Gasteiger partial charge in [-0.05, 0) is 31.2 Å². The molecule has 0 heterocycles. The number of unbranched alkanes of at least 4 members (excludes halogenated alkanes) is 2. The van der Waals surface area contributed by atoms with Crippen molar-refractivity contribution in [2.24, 2.45) is 0 Å². The molecular formula is C15H21N2O4-. The van der Waals surface area contributed by atoms with Gasteiger partial charge < -0.3 is 25.6 Å². The van der Waals surface area contributed by atoms with Crippen LogP contribution in [0.15, 0.2) is 30.3 Å². The number of hydrogen-bond acceptors (Lipinski definition) is 4. The Bertz CT molecular complexity index is 437. The van der Waals surface area contributed by atoms with Crippen LogP contribution in [0.25, 0.3) is 0 Å². The summed E-state index contributed by atoms with van der Waals surface area (Å²) in [6, 6.07) is 7.46. The molecule has 0 aliphatic rings. The van der Waals surface area contributed by atoms with E-state index in [1.807, 2.05) is 18.2 Å². The molecule has 1 aromatic carbocycles. The van der Waals surface area contributed by atoms with Crippen LogP contribution in [0.5, 0.6) is 0 Å². The number of carboxylic acids is 1. The molecule has 0 unspecified atom stereocenters. The lowest BCUT2D eigenvalue weighted by molar-refractivity contribution is -0.308. The second-order valence-electron chi connectivity index (χ2n) is 4.75. The van der Waals surface area contributed by atoms with E-state index in [1.165, 1.54) is 0 Å². The Balaban J connectivity index is 2.36. The summed E-state index contributed by atoms with van der Waals surface area (Å²) in [6.07, 6.45) is 2.42. The number of carbonyl (C=O) groups is 2. The second-order valence-corrected chi connectivity index (χ2v) is 4.75. The van der Waals surface area contributed by atoms with Crippen molar-refractivity contribution in [1.82, 2.24) is 10.6 Å². The first-order chi connectivity index (χ1) is 10.1. The highest BCUT2D eigenvalue weighted by Gasteiger charge is 2.13. The minimum atomic E-state index is -1.31. The molecule has 1 rings (SSSR count). The van der Waals surface area contributed by atoms with Crippen molar-refractivity contribution in [3.05, 3.63) is 35.9 Å². The average molecular weight is 293 g/mol. The predicted octanol–water partition coefficient (Wildman–Crippen LogP) is -0.191. The van der Waals surface area contributed by atoms with E-state index in [1.54, 1.807) is 12.1 Å². The third kappa shape index (κ3) is 7.31. The normalized spacial score (nSPS) is 11.7. The van der Waals surface area contributed by atoms with Crippen LogP contribution < -0.4 is 15.7 Å². The molecule has 0 bridgehead atoms. The molecule has 1 atom stereocenters. The Morgan fingerprint density at radius 3 is 2.48 bits per heavy atom. The first-order valence-corrected chi connectivity index (χ1v) is 7.03. The fourth-order valence-corrected chi connectivity index (χ4v) is 1.87. The number of carboxylic acid groups (broad SMARTS) is 1. The Morgan fingerprint density at radius 2 is 1.86 bits per heavy atom. The molecule has 2 amide bonds. The third-order valence-electron chi connectivity index (χ3n) is 2.99. The number of hydrogen-bond donors (Lipinski definition) is 3. The summed E-state index contributed by atoms with van der Waals surface area (Å²) in [6.45, 7) is 0.576. The predicted molar refractivity (Wildman–Crippen MR) is 76.4 cm³/mol. The summed E-state index contributed by atoms with van der Waals surface area (Å²) in [4.78, 5) is 22.7. The fourth-order valence-electron chi connectivity index (χ4n) is 1.87. The molecule has 1 aromatic rings. The molecule has 0 aliphatic carbocycles. The Hall–Kier alpha value is -2.08. The molecule has 0 aliphatic heterocycles. The maximum atomic E-state index is 11.6. The summed E-state index contributed by atoms with van der Waals surface area (Å²) in [5.74, 6) is -1.31. The molecule has 6 nitrogen and oxygen atoms in total. The number of urea groups is 1. The van der Waals surface area contributed by atoms with Gasteiger partial charge in [0.2, 0.25) is 0 Å². The third-order valence-corrected chi connectivity index (χ3v) is 2.99. The lowest BCUT2D eigenvalue weighted by Crippen LogP contribution is -2.52. The first kappa shape index (κ1) is 17.0. The summed E-state index contributed by atoms with van der Waals surface area (Å²) in [7, 11) is 0. The van der Waals surface area contributed by atoms with Gasteiger partial charge in [0.05, 0.1) is 12.0 Å². The molecule has 0 aromatic heterocycles. The largest absolute Gasteiger partial charge is 0.548 e. The Labute approximate surface area is 124 Å². The summed E-state index contributed by atoms with van der Waals surface area (Å²) >= 11 is 0. The summed E-state index contributed by atoms with van der Waals surface area (Å²) in [5.41, 5.74) is 0.815. The van der Waals surface area contributed by atoms with Crippen molar-refractivity contribution in [1.29, 1.82) is 0 Å². The van der Waals surface area contributed by atoms with Crippen LogP contribution in [0.4, 0.5) is 4.79 Å². The van der Waals surface area contributed by atoms with Crippen molar-refractivity contribution in [2.75, 3.05) is 13.2 Å². The molecular weight excluding hydrogens is 272 g/mol. The van der Waals surface area contributed by atoms with Crippen molar-refractivity contribution >= 4 is 12.0 Å². The summed E-state index contributed by atoms with van der Waals surface area (Å²) in [5, 5.41) is 24.7. The van der Waals surface area contributed by atoms with Gasteiger partial charge in [-0.25, -0.2) is 4.79 Å². The first-order valence-electron chi connectivity index (χ1n) is 7.03. The lowest BCUT2D eigenvalue weighted by Gasteiger charge is -2.20. The number of aliphatic carboxylic acids is 1. The van der Waals surface area contributed by atoms with E-state index in [-0.39, 0.29) is 13.0 Å². The van der Waals surface area contributed by atoms with Gasteiger partial charge in [-0.2, -0.15) is 0 Å². The molecule has 0 saturated heterocycles. The van der Waals surface area contributed by atoms with Crippen LogP contribution in [0.1, 0.15) is 24.8 Å². The molecule has 116 valence electrons. The van der Waals surface area contributed by atoms with Gasteiger partial charge in [0.1, 0.15) is 0 Å². The van der Waals surface area contributed by atoms with Gasteiger partial charge in [0.15, 0.2) is 0 Å². The number of rotatable bonds is 9. The molecule has 0 radical (unpaired) electrons. The highest BCUT2D eigenvalue weighted by molar-refractivity contribution is 5.81. The molecule has 0 spiro atoms. The van der Waals surface area contributed by atoms with Crippen LogP contribution in [0, 0.1) is 0 Å². The molecule has 0 saturated carbocycles. The SMILES string of the molecule is O=C(NCCCCCO)N[C@@H](Cc1ccccc1)C(=O)[O-]. The van der Waals surface area contributed by atoms with Gasteiger partial charge >= 0.3 is 6.03 Å². The summed E-state index contributed by atoms with van der Waals surface area (Å²) < 4.78 is 0. The highest BCUT2D eigenvalue weighted by Crippen LogP contribution is 2.02. The smallest absolute Gasteiger partial charge is 0.315 e. The molecule has 3 N–H and O–H groups in total. The van der Waals surface area contributed by atoms with Gasteiger partial charge in [-0.3, -0.25) is 0 Å². The zero-order valence-corrected chi connectivity index (χ0v) is 11.9. The number of carbonyl (C=O) groups excluding carboxylic acids is 2. The van der Waals surface area contributed by atoms with E-state index in [9.17, 15) is 14.7 Å². The van der Waals surface area contributed by atoms with Crippen molar-refractivity contribution in [3.8, 4) is 0 Å². The minimum Gasteiger partial charge on any atom is -0.548 e. The quantitative estimate of drug-likeness (QED) is 0.549. The van der Waals surface area contributed by atoms with Crippen molar-refractivity contribution in [2.45, 2.75) is 31.7 Å². The lowest BCUT2D eigenvalue weighted by atomic mass is 10.1. The number of benzene rings is 1. The Morgan fingerprint density at radius 1 is 1.14 bits per heavy atom. The fraction of sp³-hybridized carbons (Fsp3) is 0.467. The van der Waals surface area contributed by atoms with E-state index in [2.05, 4.69) is 10.6 Å². The standard InChI is InChI=1S/C15H22N2O4/c18-10-6-2-5-9-16-15(21)17-13(14(19)20)11-12-7-3-1-4-8-12/h1,3-4,7-8,13,18H,2,5-6,9-11H2,(H,19,20)(H2,16,17,21)/p-1/t13-/m0/s1. The maximum Gasteiger partial charge on any atom is 0.315 e. The van der Waals surface area contributed by atoms with Crippen LogP contribution >= 0.6 is 0 Å². The topological polar surface area (TPSA) is 101 Å². The van der Waals surface area contributed by atoms with Crippen molar-refractivity contribution in [3.63, 3.8) is 0 Å². The van der Waals surface area contributed by atoms with E-state index in [0.29, 0.717) is 13.0 Å². The number of nitrogens with one attached hydrogen (secondary N) is 2. The second kappa shape index (κ2) is 9.77. The number of amides is 2. The molecule has 6 heteroatoms. The van der Waals surface area contributed by atoms with Crippen LogP contribution in [0.3, 0.4) is 0 Å². The van der Waals surface area contributed by atoms with Gasteiger partial charge in [0.25, 0.3) is 0 Å². The van der Waals surface area contributed by atoms with Gasteiger partial charge in [-0.15, -0.1) is 0 Å². The minimum absolute atomic E-state index is 0.135. The molecule has 0 fully saturated rings. The average Bonchev–Trinajstić information content (AvgIpc) is 2.47. The van der Waals surface area contributed by atoms with Crippen LogP contribution in [-0.4, -0.2) is 36.3 Å². The van der Waals surface area contributed by atoms with Gasteiger partial charge in [0, 0.05) is 13.2 Å².